The minimum atomic E-state index is -0.0977. The molecule has 62 heavy (non-hydrogen) atoms. The molecule has 0 saturated heterocycles. The first-order valence-electron chi connectivity index (χ1n) is 23.3. The Bertz CT molecular complexity index is 2620. The second-order valence-corrected chi connectivity index (χ2v) is 18.3. The van der Waals surface area contributed by atoms with Gasteiger partial charge < -0.3 is 15.0 Å². The first-order valence-corrected chi connectivity index (χ1v) is 23.3. The zero-order chi connectivity index (χ0) is 41.0. The highest BCUT2D eigenvalue weighted by Crippen LogP contribution is 2.57. The van der Waals surface area contributed by atoms with Gasteiger partial charge in [0.15, 0.2) is 0 Å². The summed E-state index contributed by atoms with van der Waals surface area (Å²) < 4.78 is 7.23. The van der Waals surface area contributed by atoms with Crippen molar-refractivity contribution >= 4 is 17.2 Å². The van der Waals surface area contributed by atoms with E-state index < -0.39 is 0 Å². The predicted octanol–water partition coefficient (Wildman–Crippen LogP) is 11.3. The number of rotatable bonds is 7. The molecule has 12 rings (SSSR count). The third-order valence-corrected chi connectivity index (χ3v) is 14.6. The lowest BCUT2D eigenvalue weighted by Gasteiger charge is -2.39. The molecule has 0 spiro atoms. The standard InChI is InChI=1S/C56H55N5O/c1-5-18-36(19-6-1)41-26-13-14-27-42(41)39-34-47(56-59-54(37-20-7-2-8-21-37)58-55(60-56)38-22-9-3-10-23-38)51(57-35-39)46-30-17-29-45-50-49(62-53(45)46)33-32-44-43-28-15-16-31-48(43)61(52(44)50)40-24-11-4-12-25-40/h1-5,7-12,17-18,20,22,24-27,29-34,37-39,43,49-50,54-55,58H,6,13-16,19,21,23,28,35H2,(H,59,60). The minimum absolute atomic E-state index is 0.0133. The molecule has 6 aliphatic carbocycles. The summed E-state index contributed by atoms with van der Waals surface area (Å²) in [6.45, 7) is 0.680. The minimum Gasteiger partial charge on any atom is -0.484 e. The van der Waals surface area contributed by atoms with Crippen LogP contribution in [0.15, 0.2) is 201 Å². The molecule has 6 heteroatoms. The van der Waals surface area contributed by atoms with Crippen molar-refractivity contribution in [2.45, 2.75) is 82.1 Å². The van der Waals surface area contributed by atoms with Crippen molar-refractivity contribution in [1.29, 1.82) is 0 Å². The Labute approximate surface area is 366 Å². The van der Waals surface area contributed by atoms with E-state index in [1.54, 1.807) is 0 Å². The number of allylic oxidation sites excluding steroid dienone is 16. The lowest BCUT2D eigenvalue weighted by molar-refractivity contribution is 0.263. The molecule has 0 aromatic heterocycles. The molecule has 4 heterocycles. The number of benzene rings is 2. The molecule has 8 atom stereocenters. The molecular weight excluding hydrogens is 759 g/mol. The first-order chi connectivity index (χ1) is 30.8. The highest BCUT2D eigenvalue weighted by atomic mass is 16.5. The summed E-state index contributed by atoms with van der Waals surface area (Å²) in [5.74, 6) is 3.06. The van der Waals surface area contributed by atoms with E-state index >= 15 is 0 Å². The predicted molar refractivity (Wildman–Crippen MR) is 253 cm³/mol. The van der Waals surface area contributed by atoms with Gasteiger partial charge in [0.05, 0.1) is 24.3 Å². The molecule has 4 aliphatic heterocycles. The third-order valence-electron chi connectivity index (χ3n) is 14.6. The number of ether oxygens (including phenoxy) is 1. The van der Waals surface area contributed by atoms with Crippen LogP contribution < -0.4 is 20.3 Å². The Kier molecular flexibility index (Phi) is 9.77. The number of hydrogen-bond donors (Lipinski definition) is 2. The number of aliphatic imine (C=N–C) groups is 2. The van der Waals surface area contributed by atoms with Gasteiger partial charge in [-0.2, -0.15) is 0 Å². The van der Waals surface area contributed by atoms with Crippen LogP contribution in [-0.4, -0.2) is 36.5 Å². The van der Waals surface area contributed by atoms with Crippen molar-refractivity contribution < 1.29 is 4.74 Å². The van der Waals surface area contributed by atoms with Gasteiger partial charge in [-0.05, 0) is 104 Å². The fourth-order valence-electron chi connectivity index (χ4n) is 11.7. The van der Waals surface area contributed by atoms with E-state index in [0.29, 0.717) is 12.5 Å². The van der Waals surface area contributed by atoms with Gasteiger partial charge in [-0.25, -0.2) is 4.99 Å². The van der Waals surface area contributed by atoms with Crippen LogP contribution in [0, 0.1) is 23.7 Å². The molecule has 0 radical (unpaired) electrons. The molecule has 10 aliphatic rings. The van der Waals surface area contributed by atoms with Crippen LogP contribution in [0.5, 0.6) is 5.75 Å². The van der Waals surface area contributed by atoms with Crippen LogP contribution in [0.25, 0.3) is 0 Å². The van der Waals surface area contributed by atoms with Gasteiger partial charge in [-0.1, -0.05) is 128 Å². The van der Waals surface area contributed by atoms with E-state index in [4.69, 9.17) is 14.7 Å². The van der Waals surface area contributed by atoms with Crippen molar-refractivity contribution in [1.82, 2.24) is 10.6 Å². The summed E-state index contributed by atoms with van der Waals surface area (Å²) in [5.41, 5.74) is 14.1. The average Bonchev–Trinajstić information content (AvgIpc) is 3.91. The quantitative estimate of drug-likeness (QED) is 0.292. The summed E-state index contributed by atoms with van der Waals surface area (Å²) in [5, 5.41) is 7.96. The highest BCUT2D eigenvalue weighted by Gasteiger charge is 2.49. The summed E-state index contributed by atoms with van der Waals surface area (Å²) >= 11 is 0. The van der Waals surface area contributed by atoms with Gasteiger partial charge in [0.1, 0.15) is 23.9 Å². The van der Waals surface area contributed by atoms with Crippen LogP contribution in [0.4, 0.5) is 5.69 Å². The molecular formula is C56H55N5O. The zero-order valence-corrected chi connectivity index (χ0v) is 35.4. The Hall–Kier alpha value is -5.98. The molecule has 8 unspecified atom stereocenters. The number of fused-ring (bicyclic) bond motifs is 6. The van der Waals surface area contributed by atoms with Crippen molar-refractivity contribution in [3.8, 4) is 5.75 Å². The van der Waals surface area contributed by atoms with Gasteiger partial charge >= 0.3 is 0 Å². The number of amidine groups is 1. The van der Waals surface area contributed by atoms with E-state index in [0.717, 1.165) is 73.4 Å². The van der Waals surface area contributed by atoms with Crippen molar-refractivity contribution in [2.75, 3.05) is 11.4 Å². The van der Waals surface area contributed by atoms with E-state index in [2.05, 4.69) is 167 Å². The number of dihydropyridines is 1. The van der Waals surface area contributed by atoms with Gasteiger partial charge in [-0.3, -0.25) is 10.3 Å². The molecule has 2 aromatic rings. The monoisotopic (exact) mass is 813 g/mol. The smallest absolute Gasteiger partial charge is 0.133 e. The van der Waals surface area contributed by atoms with Crippen LogP contribution >= 0.6 is 0 Å². The van der Waals surface area contributed by atoms with Gasteiger partial charge in [-0.15, -0.1) is 0 Å². The van der Waals surface area contributed by atoms with Crippen molar-refractivity contribution in [3.63, 3.8) is 0 Å². The lowest BCUT2D eigenvalue weighted by Crippen LogP contribution is -2.59. The lowest BCUT2D eigenvalue weighted by atomic mass is 9.79. The molecule has 2 aromatic carbocycles. The summed E-state index contributed by atoms with van der Waals surface area (Å²) in [6, 6.07) is 17.8. The molecule has 310 valence electrons. The second-order valence-electron chi connectivity index (χ2n) is 18.3. The van der Waals surface area contributed by atoms with Crippen molar-refractivity contribution in [3.05, 3.63) is 202 Å². The van der Waals surface area contributed by atoms with Crippen molar-refractivity contribution in [2.24, 2.45) is 33.7 Å². The summed E-state index contributed by atoms with van der Waals surface area (Å²) in [6.07, 6.45) is 49.1. The Morgan fingerprint density at radius 2 is 1.65 bits per heavy atom. The van der Waals surface area contributed by atoms with E-state index in [1.807, 2.05) is 0 Å². The molecule has 0 amide bonds. The third kappa shape index (κ3) is 6.57. The maximum atomic E-state index is 7.23. The number of nitrogens with zero attached hydrogens (tertiary/aromatic N) is 3. The summed E-state index contributed by atoms with van der Waals surface area (Å²) in [4.78, 5) is 13.9. The second kappa shape index (κ2) is 16.0. The SMILES string of the molecule is C1=CCCC(C2=CCCC=C2C2C=C(C3=NC(C4C=CC=CC4)NC(C4C=CC=CC4)N3)C(c3cccc4c3OC3C=CC5=C(C43)N(c3ccccc3)C3=CCCCC35)=NC2)=C1. The maximum absolute atomic E-state index is 7.23. The van der Waals surface area contributed by atoms with E-state index in [-0.39, 0.29) is 42.1 Å². The Morgan fingerprint density at radius 3 is 2.48 bits per heavy atom. The Balaban J connectivity index is 0.974. The Morgan fingerprint density at radius 1 is 0.774 bits per heavy atom. The van der Waals surface area contributed by atoms with Gasteiger partial charge in [0, 0.05) is 57.5 Å². The largest absolute Gasteiger partial charge is 0.484 e. The topological polar surface area (TPSA) is 61.3 Å². The molecule has 0 bridgehead atoms. The molecule has 2 N–H and O–H groups in total. The fourth-order valence-corrected chi connectivity index (χ4v) is 11.7. The van der Waals surface area contributed by atoms with Crippen LogP contribution in [0.3, 0.4) is 0 Å². The van der Waals surface area contributed by atoms with Crippen LogP contribution in [-0.2, 0) is 0 Å². The van der Waals surface area contributed by atoms with E-state index in [9.17, 15) is 0 Å². The van der Waals surface area contributed by atoms with Gasteiger partial charge in [0.2, 0.25) is 0 Å². The number of para-hydroxylation sites is 2. The fraction of sp³-hybridized carbons (Fsp3) is 0.321. The van der Waals surface area contributed by atoms with Gasteiger partial charge in [0.25, 0.3) is 0 Å². The van der Waals surface area contributed by atoms with Crippen LogP contribution in [0.1, 0.15) is 74.8 Å². The van der Waals surface area contributed by atoms with Crippen LogP contribution in [0.2, 0.25) is 0 Å². The number of hydrogen-bond acceptors (Lipinski definition) is 6. The highest BCUT2D eigenvalue weighted by molar-refractivity contribution is 6.31. The molecule has 0 saturated carbocycles. The maximum Gasteiger partial charge on any atom is 0.133 e. The zero-order valence-electron chi connectivity index (χ0n) is 35.4. The average molecular weight is 814 g/mol. The molecule has 0 fully saturated rings. The normalized spacial score (nSPS) is 31.6. The number of nitrogens with one attached hydrogen (secondary N) is 2. The molecule has 6 nitrogen and oxygen atoms in total. The summed E-state index contributed by atoms with van der Waals surface area (Å²) in [7, 11) is 0. The van der Waals surface area contributed by atoms with E-state index in [1.165, 1.54) is 57.8 Å². The number of anilines is 1. The first kappa shape index (κ1) is 37.8.